The molecule has 0 aromatic heterocycles. The second-order valence-corrected chi connectivity index (χ2v) is 4.81. The van der Waals surface area contributed by atoms with Crippen molar-refractivity contribution >= 4 is 16.7 Å². The number of carboxylic acids is 1. The van der Waals surface area contributed by atoms with E-state index < -0.39 is 5.97 Å². The van der Waals surface area contributed by atoms with Crippen LogP contribution in [0.25, 0.3) is 21.9 Å². The summed E-state index contributed by atoms with van der Waals surface area (Å²) in [6.07, 6.45) is 0. The van der Waals surface area contributed by atoms with Gasteiger partial charge in [0, 0.05) is 0 Å². The number of methoxy groups -OCH3 is 1. The van der Waals surface area contributed by atoms with Crippen molar-refractivity contribution in [2.45, 2.75) is 0 Å². The van der Waals surface area contributed by atoms with Crippen LogP contribution in [0.5, 0.6) is 5.75 Å². The lowest BCUT2D eigenvalue weighted by molar-refractivity contribution is 0.0697. The third kappa shape index (κ3) is 2.58. The van der Waals surface area contributed by atoms with Crippen molar-refractivity contribution in [3.8, 4) is 16.9 Å². The molecule has 21 heavy (non-hydrogen) atoms. The molecule has 3 nitrogen and oxygen atoms in total. The number of fused-ring (bicyclic) bond motifs is 1. The predicted octanol–water partition coefficient (Wildman–Crippen LogP) is 4.21. The summed E-state index contributed by atoms with van der Waals surface area (Å²) in [6, 6.07) is 19.0. The molecule has 0 aliphatic rings. The van der Waals surface area contributed by atoms with Gasteiger partial charge in [-0.3, -0.25) is 0 Å². The predicted molar refractivity (Wildman–Crippen MR) is 82.9 cm³/mol. The van der Waals surface area contributed by atoms with E-state index in [4.69, 9.17) is 9.84 Å². The van der Waals surface area contributed by atoms with Gasteiger partial charge in [0.25, 0.3) is 0 Å². The number of hydrogen-bond acceptors (Lipinski definition) is 2. The Hall–Kier alpha value is -2.81. The molecule has 3 heteroatoms. The third-order valence-corrected chi connectivity index (χ3v) is 3.51. The van der Waals surface area contributed by atoms with Gasteiger partial charge in [-0.1, -0.05) is 30.3 Å². The van der Waals surface area contributed by atoms with Crippen LogP contribution in [0.2, 0.25) is 0 Å². The summed E-state index contributed by atoms with van der Waals surface area (Å²) in [7, 11) is 1.64. The monoisotopic (exact) mass is 278 g/mol. The van der Waals surface area contributed by atoms with Gasteiger partial charge >= 0.3 is 5.97 Å². The van der Waals surface area contributed by atoms with Crippen molar-refractivity contribution in [3.63, 3.8) is 0 Å². The van der Waals surface area contributed by atoms with Crippen molar-refractivity contribution < 1.29 is 14.6 Å². The highest BCUT2D eigenvalue weighted by atomic mass is 16.5. The molecule has 0 spiro atoms. The van der Waals surface area contributed by atoms with Gasteiger partial charge in [-0.05, 0) is 52.2 Å². The van der Waals surface area contributed by atoms with Crippen molar-refractivity contribution in [2.24, 2.45) is 0 Å². The number of ether oxygens (including phenoxy) is 1. The highest BCUT2D eigenvalue weighted by Gasteiger charge is 2.05. The molecule has 0 radical (unpaired) electrons. The van der Waals surface area contributed by atoms with Crippen LogP contribution >= 0.6 is 0 Å². The van der Waals surface area contributed by atoms with E-state index in [2.05, 4.69) is 6.07 Å². The Morgan fingerprint density at radius 2 is 1.48 bits per heavy atom. The number of benzene rings is 3. The van der Waals surface area contributed by atoms with Gasteiger partial charge < -0.3 is 9.84 Å². The molecule has 3 rings (SSSR count). The Labute approximate surface area is 122 Å². The van der Waals surface area contributed by atoms with E-state index in [1.54, 1.807) is 19.2 Å². The van der Waals surface area contributed by atoms with E-state index in [1.165, 1.54) is 0 Å². The van der Waals surface area contributed by atoms with Crippen molar-refractivity contribution in [1.82, 2.24) is 0 Å². The summed E-state index contributed by atoms with van der Waals surface area (Å²) in [6.45, 7) is 0. The highest BCUT2D eigenvalue weighted by molar-refractivity contribution is 5.95. The van der Waals surface area contributed by atoms with Crippen molar-refractivity contribution in [3.05, 3.63) is 66.2 Å². The Kier molecular flexibility index (Phi) is 3.32. The minimum absolute atomic E-state index is 0.305. The normalized spacial score (nSPS) is 10.5. The minimum atomic E-state index is -0.906. The number of aromatic carboxylic acids is 1. The van der Waals surface area contributed by atoms with E-state index in [9.17, 15) is 4.79 Å². The van der Waals surface area contributed by atoms with Crippen LogP contribution in [0.1, 0.15) is 10.4 Å². The molecule has 0 bridgehead atoms. The van der Waals surface area contributed by atoms with E-state index in [0.717, 1.165) is 27.6 Å². The molecule has 1 N–H and O–H groups in total. The Balaban J connectivity index is 2.04. The fourth-order valence-corrected chi connectivity index (χ4v) is 2.34. The maximum Gasteiger partial charge on any atom is 0.335 e. The molecule has 0 aliphatic heterocycles. The van der Waals surface area contributed by atoms with Crippen LogP contribution in [-0.2, 0) is 0 Å². The molecule has 0 fully saturated rings. The highest BCUT2D eigenvalue weighted by Crippen LogP contribution is 2.26. The molecule has 3 aromatic carbocycles. The lowest BCUT2D eigenvalue weighted by Gasteiger charge is -2.06. The molecule has 3 aromatic rings. The topological polar surface area (TPSA) is 46.5 Å². The first-order valence-corrected chi connectivity index (χ1v) is 6.59. The van der Waals surface area contributed by atoms with Crippen LogP contribution in [0.4, 0.5) is 0 Å². The van der Waals surface area contributed by atoms with E-state index in [1.807, 2.05) is 42.5 Å². The first-order valence-electron chi connectivity index (χ1n) is 6.59. The zero-order valence-electron chi connectivity index (χ0n) is 11.5. The summed E-state index contributed by atoms with van der Waals surface area (Å²) in [5.41, 5.74) is 2.49. The standard InChI is InChI=1S/C18H14O3/c1-21-17-8-6-12(7-9-17)13-2-3-15-11-16(18(19)20)5-4-14(15)10-13/h2-11H,1H3,(H,19,20). The summed E-state index contributed by atoms with van der Waals surface area (Å²) in [5.74, 6) is -0.0817. The first kappa shape index (κ1) is 13.2. The summed E-state index contributed by atoms with van der Waals surface area (Å²) in [4.78, 5) is 11.0. The van der Waals surface area contributed by atoms with Crippen LogP contribution in [0, 0.1) is 0 Å². The van der Waals surface area contributed by atoms with Crippen LogP contribution in [0.3, 0.4) is 0 Å². The number of carbonyl (C=O) groups is 1. The molecule has 0 saturated heterocycles. The fraction of sp³-hybridized carbons (Fsp3) is 0.0556. The average Bonchev–Trinajstić information content (AvgIpc) is 2.54. The Morgan fingerprint density at radius 3 is 2.14 bits per heavy atom. The van der Waals surface area contributed by atoms with Crippen LogP contribution in [0.15, 0.2) is 60.7 Å². The zero-order valence-corrected chi connectivity index (χ0v) is 11.5. The van der Waals surface area contributed by atoms with E-state index in [-0.39, 0.29) is 0 Å². The summed E-state index contributed by atoms with van der Waals surface area (Å²) in [5, 5.41) is 11.0. The maximum absolute atomic E-state index is 11.0. The molecule has 0 aliphatic carbocycles. The smallest absolute Gasteiger partial charge is 0.335 e. The summed E-state index contributed by atoms with van der Waals surface area (Å²) < 4.78 is 5.16. The van der Waals surface area contributed by atoms with Gasteiger partial charge in [0.1, 0.15) is 5.75 Å². The molecular weight excluding hydrogens is 264 g/mol. The SMILES string of the molecule is COc1ccc(-c2ccc3cc(C(=O)O)ccc3c2)cc1. The second-order valence-electron chi connectivity index (χ2n) is 4.81. The van der Waals surface area contributed by atoms with Gasteiger partial charge in [-0.2, -0.15) is 0 Å². The fourth-order valence-electron chi connectivity index (χ4n) is 2.34. The molecule has 0 amide bonds. The third-order valence-electron chi connectivity index (χ3n) is 3.51. The number of hydrogen-bond donors (Lipinski definition) is 1. The lowest BCUT2D eigenvalue weighted by Crippen LogP contribution is -1.95. The largest absolute Gasteiger partial charge is 0.497 e. The molecule has 0 saturated carbocycles. The molecular formula is C18H14O3. The van der Waals surface area contributed by atoms with E-state index >= 15 is 0 Å². The zero-order chi connectivity index (χ0) is 14.8. The molecule has 0 unspecified atom stereocenters. The average molecular weight is 278 g/mol. The van der Waals surface area contributed by atoms with Gasteiger partial charge in [0.15, 0.2) is 0 Å². The van der Waals surface area contributed by atoms with Crippen LogP contribution in [-0.4, -0.2) is 18.2 Å². The van der Waals surface area contributed by atoms with E-state index in [0.29, 0.717) is 5.56 Å². The minimum Gasteiger partial charge on any atom is -0.497 e. The molecule has 104 valence electrons. The second kappa shape index (κ2) is 5.29. The molecule has 0 atom stereocenters. The molecule has 0 heterocycles. The van der Waals surface area contributed by atoms with Crippen molar-refractivity contribution in [2.75, 3.05) is 7.11 Å². The quantitative estimate of drug-likeness (QED) is 0.780. The van der Waals surface area contributed by atoms with Crippen molar-refractivity contribution in [1.29, 1.82) is 0 Å². The first-order chi connectivity index (χ1) is 10.2. The Morgan fingerprint density at radius 1 is 0.857 bits per heavy atom. The van der Waals surface area contributed by atoms with Gasteiger partial charge in [0.05, 0.1) is 12.7 Å². The lowest BCUT2D eigenvalue weighted by atomic mass is 10.00. The van der Waals surface area contributed by atoms with Crippen LogP contribution < -0.4 is 4.74 Å². The summed E-state index contributed by atoms with van der Waals surface area (Å²) >= 11 is 0. The van der Waals surface area contributed by atoms with Gasteiger partial charge in [-0.25, -0.2) is 4.79 Å². The maximum atomic E-state index is 11.0. The Bertz CT molecular complexity index is 804. The van der Waals surface area contributed by atoms with Gasteiger partial charge in [-0.15, -0.1) is 0 Å². The van der Waals surface area contributed by atoms with Gasteiger partial charge in [0.2, 0.25) is 0 Å². The number of carboxylic acid groups (broad SMARTS) is 1. The number of rotatable bonds is 3.